The Labute approximate surface area is 198 Å². The topological polar surface area (TPSA) is 113 Å². The van der Waals surface area contributed by atoms with Crippen LogP contribution in [0.2, 0.25) is 0 Å². The molecule has 0 saturated carbocycles. The molecule has 2 atom stereocenters. The summed E-state index contributed by atoms with van der Waals surface area (Å²) in [6, 6.07) is 10.5. The lowest BCUT2D eigenvalue weighted by molar-refractivity contribution is 0.0658. The number of ether oxygens (including phenoxy) is 3. The minimum absolute atomic E-state index is 0.0404. The highest BCUT2D eigenvalue weighted by molar-refractivity contribution is 5.95. The van der Waals surface area contributed by atoms with Gasteiger partial charge in [0.25, 0.3) is 5.91 Å². The third-order valence-electron chi connectivity index (χ3n) is 6.14. The third kappa shape index (κ3) is 4.88. The van der Waals surface area contributed by atoms with Crippen molar-refractivity contribution in [2.45, 2.75) is 26.2 Å². The van der Waals surface area contributed by atoms with E-state index in [1.807, 2.05) is 17.9 Å². The van der Waals surface area contributed by atoms with Crippen molar-refractivity contribution < 1.29 is 19.0 Å². The fraction of sp³-hybridized carbons (Fsp3) is 0.360. The standard InChI is InChI=1S/C25H29N5O4/c1-15-11-22(26)28-29-24(15)19-9-10-30(14-16(19)2)25(31)17-5-7-20(21(12-17)32-3)34-18-6-8-23(33-4)27-13-18/h5-8,11-13,16,19H,9-10,14H2,1-4H3,(H2,26,28)/t16-,19+/m0/s1. The lowest BCUT2D eigenvalue weighted by Crippen LogP contribution is -2.42. The zero-order valence-electron chi connectivity index (χ0n) is 19.8. The number of carbonyl (C=O) groups excluding carboxylic acids is 1. The number of benzene rings is 1. The van der Waals surface area contributed by atoms with Crippen LogP contribution in [0.1, 0.15) is 40.9 Å². The number of amides is 1. The lowest BCUT2D eigenvalue weighted by atomic mass is 9.82. The van der Waals surface area contributed by atoms with Crippen LogP contribution in [-0.2, 0) is 0 Å². The van der Waals surface area contributed by atoms with Crippen LogP contribution in [0.5, 0.6) is 23.1 Å². The number of nitrogen functional groups attached to an aromatic ring is 1. The van der Waals surface area contributed by atoms with Gasteiger partial charge in [-0.15, -0.1) is 5.10 Å². The van der Waals surface area contributed by atoms with Crippen molar-refractivity contribution in [3.05, 3.63) is 59.4 Å². The van der Waals surface area contributed by atoms with E-state index in [9.17, 15) is 4.79 Å². The number of rotatable bonds is 6. The van der Waals surface area contributed by atoms with Gasteiger partial charge in [0.2, 0.25) is 5.88 Å². The molecule has 9 nitrogen and oxygen atoms in total. The van der Waals surface area contributed by atoms with Crippen LogP contribution in [0.4, 0.5) is 5.82 Å². The molecule has 0 unspecified atom stereocenters. The summed E-state index contributed by atoms with van der Waals surface area (Å²) >= 11 is 0. The van der Waals surface area contributed by atoms with Crippen molar-refractivity contribution >= 4 is 11.7 Å². The van der Waals surface area contributed by atoms with E-state index in [4.69, 9.17) is 19.9 Å². The molecule has 3 heterocycles. The number of methoxy groups -OCH3 is 2. The molecule has 2 aromatic heterocycles. The van der Waals surface area contributed by atoms with Gasteiger partial charge in [-0.2, -0.15) is 5.10 Å². The summed E-state index contributed by atoms with van der Waals surface area (Å²) in [5.74, 6) is 2.86. The molecular formula is C25H29N5O4. The van der Waals surface area contributed by atoms with E-state index >= 15 is 0 Å². The molecule has 2 N–H and O–H groups in total. The van der Waals surface area contributed by atoms with E-state index in [2.05, 4.69) is 22.1 Å². The van der Waals surface area contributed by atoms with Crippen molar-refractivity contribution in [3.8, 4) is 23.1 Å². The summed E-state index contributed by atoms with van der Waals surface area (Å²) in [6.07, 6.45) is 2.38. The van der Waals surface area contributed by atoms with Crippen molar-refractivity contribution in [3.63, 3.8) is 0 Å². The second-order valence-electron chi connectivity index (χ2n) is 8.47. The second-order valence-corrected chi connectivity index (χ2v) is 8.47. The number of aromatic nitrogens is 3. The van der Waals surface area contributed by atoms with Crippen LogP contribution in [0.3, 0.4) is 0 Å². The third-order valence-corrected chi connectivity index (χ3v) is 6.14. The van der Waals surface area contributed by atoms with E-state index < -0.39 is 0 Å². The fourth-order valence-electron chi connectivity index (χ4n) is 4.36. The molecule has 0 spiro atoms. The molecule has 1 fully saturated rings. The Hall–Kier alpha value is -3.88. The molecule has 0 bridgehead atoms. The van der Waals surface area contributed by atoms with Crippen LogP contribution >= 0.6 is 0 Å². The monoisotopic (exact) mass is 463 g/mol. The first-order chi connectivity index (χ1) is 16.4. The zero-order chi connectivity index (χ0) is 24.2. The van der Waals surface area contributed by atoms with Gasteiger partial charge in [0.15, 0.2) is 11.5 Å². The van der Waals surface area contributed by atoms with Crippen molar-refractivity contribution in [2.75, 3.05) is 33.0 Å². The molecule has 4 rings (SSSR count). The smallest absolute Gasteiger partial charge is 0.254 e. The predicted octanol–water partition coefficient (Wildman–Crippen LogP) is 3.84. The van der Waals surface area contributed by atoms with Crippen LogP contribution in [0.25, 0.3) is 0 Å². The van der Waals surface area contributed by atoms with E-state index in [1.54, 1.807) is 50.7 Å². The second kappa shape index (κ2) is 9.94. The molecule has 1 saturated heterocycles. The van der Waals surface area contributed by atoms with Crippen molar-refractivity contribution in [2.24, 2.45) is 5.92 Å². The van der Waals surface area contributed by atoms with E-state index in [1.165, 1.54) is 0 Å². The number of nitrogens with zero attached hydrogens (tertiary/aromatic N) is 4. The van der Waals surface area contributed by atoms with E-state index in [0.29, 0.717) is 47.6 Å². The highest BCUT2D eigenvalue weighted by Gasteiger charge is 2.32. The molecule has 3 aromatic rings. The van der Waals surface area contributed by atoms with Gasteiger partial charge < -0.3 is 24.8 Å². The van der Waals surface area contributed by atoms with Crippen molar-refractivity contribution in [1.29, 1.82) is 0 Å². The molecule has 0 radical (unpaired) electrons. The number of nitrogens with two attached hydrogens (primary N) is 1. The van der Waals surface area contributed by atoms with Gasteiger partial charge in [-0.05, 0) is 55.2 Å². The quantitative estimate of drug-likeness (QED) is 0.587. The zero-order valence-corrected chi connectivity index (χ0v) is 19.8. The number of likely N-dealkylation sites (tertiary alicyclic amines) is 1. The SMILES string of the molecule is COc1ccc(Oc2ccc(C(=O)N3CC[C@@H](c4nnc(N)cc4C)[C@@H](C)C3)cc2OC)cn1. The number of carbonyl (C=O) groups is 1. The summed E-state index contributed by atoms with van der Waals surface area (Å²) < 4.78 is 16.5. The molecule has 1 aromatic carbocycles. The summed E-state index contributed by atoms with van der Waals surface area (Å²) in [5.41, 5.74) is 8.30. The van der Waals surface area contributed by atoms with Gasteiger partial charge in [-0.1, -0.05) is 6.92 Å². The maximum absolute atomic E-state index is 13.3. The van der Waals surface area contributed by atoms with Crippen LogP contribution < -0.4 is 19.9 Å². The minimum atomic E-state index is -0.0404. The maximum atomic E-state index is 13.3. The van der Waals surface area contributed by atoms with Gasteiger partial charge in [-0.3, -0.25) is 4.79 Å². The maximum Gasteiger partial charge on any atom is 0.254 e. The molecule has 9 heteroatoms. The van der Waals surface area contributed by atoms with Crippen LogP contribution in [-0.4, -0.2) is 53.3 Å². The fourth-order valence-corrected chi connectivity index (χ4v) is 4.36. The number of aryl methyl sites for hydroxylation is 1. The Morgan fingerprint density at radius 1 is 1.09 bits per heavy atom. The average Bonchev–Trinajstić information content (AvgIpc) is 2.84. The number of pyridine rings is 1. The van der Waals surface area contributed by atoms with Crippen LogP contribution in [0.15, 0.2) is 42.6 Å². The molecular weight excluding hydrogens is 434 g/mol. The molecule has 0 aliphatic carbocycles. The predicted molar refractivity (Wildman–Crippen MR) is 127 cm³/mol. The average molecular weight is 464 g/mol. The van der Waals surface area contributed by atoms with Crippen LogP contribution in [0, 0.1) is 12.8 Å². The summed E-state index contributed by atoms with van der Waals surface area (Å²) in [7, 11) is 3.10. The Kier molecular flexibility index (Phi) is 6.81. The van der Waals surface area contributed by atoms with Gasteiger partial charge >= 0.3 is 0 Å². The molecule has 1 aliphatic heterocycles. The molecule has 34 heavy (non-hydrogen) atoms. The summed E-state index contributed by atoms with van der Waals surface area (Å²) in [5, 5.41) is 8.36. The summed E-state index contributed by atoms with van der Waals surface area (Å²) in [4.78, 5) is 19.3. The van der Waals surface area contributed by atoms with Gasteiger partial charge in [0.1, 0.15) is 11.6 Å². The van der Waals surface area contributed by atoms with E-state index in [0.717, 1.165) is 17.7 Å². The Bertz CT molecular complexity index is 1170. The molecule has 1 aliphatic rings. The largest absolute Gasteiger partial charge is 0.493 e. The van der Waals surface area contributed by atoms with E-state index in [-0.39, 0.29) is 17.7 Å². The summed E-state index contributed by atoms with van der Waals surface area (Å²) in [6.45, 7) is 5.41. The normalized spacial score (nSPS) is 17.8. The highest BCUT2D eigenvalue weighted by Crippen LogP contribution is 2.36. The molecule has 178 valence electrons. The first-order valence-electron chi connectivity index (χ1n) is 11.1. The number of hydrogen-bond donors (Lipinski definition) is 1. The first-order valence-corrected chi connectivity index (χ1v) is 11.1. The number of hydrogen-bond acceptors (Lipinski definition) is 8. The molecule has 1 amide bonds. The van der Waals surface area contributed by atoms with Gasteiger partial charge in [-0.25, -0.2) is 4.98 Å². The van der Waals surface area contributed by atoms with Gasteiger partial charge in [0.05, 0.1) is 26.1 Å². The highest BCUT2D eigenvalue weighted by atomic mass is 16.5. The van der Waals surface area contributed by atoms with Crippen molar-refractivity contribution in [1.82, 2.24) is 20.1 Å². The van der Waals surface area contributed by atoms with Gasteiger partial charge in [0, 0.05) is 30.6 Å². The first kappa shape index (κ1) is 23.3. The Balaban J connectivity index is 1.46. The number of piperidine rings is 1. The Morgan fingerprint density at radius 3 is 2.56 bits per heavy atom. The Morgan fingerprint density at radius 2 is 1.91 bits per heavy atom. The minimum Gasteiger partial charge on any atom is -0.493 e. The number of anilines is 1. The lowest BCUT2D eigenvalue weighted by Gasteiger charge is -2.37.